The Morgan fingerprint density at radius 2 is 1.76 bits per heavy atom. The lowest BCUT2D eigenvalue weighted by molar-refractivity contribution is -0.385. The van der Waals surface area contributed by atoms with E-state index in [-0.39, 0.29) is 17.2 Å². The van der Waals surface area contributed by atoms with Crippen LogP contribution < -0.4 is 4.74 Å². The van der Waals surface area contributed by atoms with Crippen molar-refractivity contribution in [1.29, 1.82) is 0 Å². The second kappa shape index (κ2) is 5.12. The Balaban J connectivity index is 2.03. The first-order valence-corrected chi connectivity index (χ1v) is 6.47. The molecule has 6 heteroatoms. The van der Waals surface area contributed by atoms with Gasteiger partial charge in [-0.3, -0.25) is 10.1 Å². The molecule has 0 saturated heterocycles. The molecular weight excluding hydrogens is 280 g/mol. The summed E-state index contributed by atoms with van der Waals surface area (Å²) in [5, 5.41) is 11.1. The number of halogens is 2. The van der Waals surface area contributed by atoms with Crippen molar-refractivity contribution in [3.05, 3.63) is 63.2 Å². The third kappa shape index (κ3) is 2.56. The monoisotopic (exact) mass is 291 g/mol. The molecule has 108 valence electrons. The molecule has 1 aliphatic carbocycles. The van der Waals surface area contributed by atoms with Crippen molar-refractivity contribution in [2.45, 2.75) is 19.3 Å². The second-order valence-corrected chi connectivity index (χ2v) is 4.88. The third-order valence-electron chi connectivity index (χ3n) is 3.48. The maximum absolute atomic E-state index is 13.6. The zero-order valence-corrected chi connectivity index (χ0v) is 10.9. The van der Waals surface area contributed by atoms with E-state index in [2.05, 4.69) is 0 Å². The molecule has 1 aliphatic rings. The van der Waals surface area contributed by atoms with Crippen molar-refractivity contribution < 1.29 is 18.4 Å². The lowest BCUT2D eigenvalue weighted by Gasteiger charge is -2.09. The molecule has 2 aromatic rings. The van der Waals surface area contributed by atoms with E-state index in [1.807, 2.05) is 0 Å². The van der Waals surface area contributed by atoms with Crippen LogP contribution in [-0.2, 0) is 12.8 Å². The summed E-state index contributed by atoms with van der Waals surface area (Å²) >= 11 is 0. The van der Waals surface area contributed by atoms with Gasteiger partial charge in [0.05, 0.1) is 4.92 Å². The fourth-order valence-corrected chi connectivity index (χ4v) is 2.49. The number of nitrogens with zero attached hydrogens (tertiary/aromatic N) is 1. The van der Waals surface area contributed by atoms with Gasteiger partial charge in [0.2, 0.25) is 5.75 Å². The first kappa shape index (κ1) is 13.5. The predicted molar refractivity (Wildman–Crippen MR) is 71.6 cm³/mol. The molecule has 0 N–H and O–H groups in total. The molecule has 0 unspecified atom stereocenters. The molecule has 2 aromatic carbocycles. The van der Waals surface area contributed by atoms with E-state index >= 15 is 0 Å². The van der Waals surface area contributed by atoms with Crippen molar-refractivity contribution in [1.82, 2.24) is 0 Å². The SMILES string of the molecule is O=[N+]([O-])c1cc2c(cc1Oc1ccc(F)cc1F)CCC2. The molecule has 4 nitrogen and oxygen atoms in total. The molecule has 0 aromatic heterocycles. The van der Waals surface area contributed by atoms with Gasteiger partial charge in [-0.15, -0.1) is 0 Å². The van der Waals surface area contributed by atoms with Gasteiger partial charge in [-0.2, -0.15) is 0 Å². The largest absolute Gasteiger partial charge is 0.447 e. The molecule has 0 radical (unpaired) electrons. The van der Waals surface area contributed by atoms with Gasteiger partial charge in [0, 0.05) is 12.1 Å². The van der Waals surface area contributed by atoms with Crippen LogP contribution in [0, 0.1) is 21.7 Å². The summed E-state index contributed by atoms with van der Waals surface area (Å²) in [6.07, 6.45) is 2.54. The van der Waals surface area contributed by atoms with E-state index in [4.69, 9.17) is 4.74 Å². The quantitative estimate of drug-likeness (QED) is 0.630. The number of rotatable bonds is 3. The number of fused-ring (bicyclic) bond motifs is 1. The van der Waals surface area contributed by atoms with Gasteiger partial charge in [0.25, 0.3) is 0 Å². The molecule has 0 heterocycles. The van der Waals surface area contributed by atoms with Crippen LogP contribution in [-0.4, -0.2) is 4.92 Å². The van der Waals surface area contributed by atoms with E-state index in [1.165, 1.54) is 6.07 Å². The smallest absolute Gasteiger partial charge is 0.311 e. The molecule has 0 bridgehead atoms. The standard InChI is InChI=1S/C15H11F2NO3/c16-11-4-5-14(12(17)8-11)21-15-7-10-3-1-2-9(10)6-13(15)18(19)20/h4-8H,1-3H2. The normalized spacial score (nSPS) is 13.0. The molecular formula is C15H11F2NO3. The number of aryl methyl sites for hydroxylation is 2. The summed E-state index contributed by atoms with van der Waals surface area (Å²) in [5.74, 6) is -1.89. The summed E-state index contributed by atoms with van der Waals surface area (Å²) in [6, 6.07) is 5.87. The number of hydrogen-bond acceptors (Lipinski definition) is 3. The number of benzene rings is 2. The summed E-state index contributed by atoms with van der Waals surface area (Å²) in [5.41, 5.74) is 1.69. The Morgan fingerprint density at radius 3 is 2.43 bits per heavy atom. The van der Waals surface area contributed by atoms with Crippen LogP contribution in [0.25, 0.3) is 0 Å². The molecule has 3 rings (SSSR count). The number of nitro benzene ring substituents is 1. The fourth-order valence-electron chi connectivity index (χ4n) is 2.49. The van der Waals surface area contributed by atoms with Crippen LogP contribution in [0.15, 0.2) is 30.3 Å². The molecule has 21 heavy (non-hydrogen) atoms. The highest BCUT2D eigenvalue weighted by molar-refractivity contribution is 5.55. The lowest BCUT2D eigenvalue weighted by Crippen LogP contribution is -1.97. The highest BCUT2D eigenvalue weighted by atomic mass is 19.1. The average molecular weight is 291 g/mol. The molecule has 0 aliphatic heterocycles. The number of nitro groups is 1. The van der Waals surface area contributed by atoms with E-state index < -0.39 is 16.6 Å². The van der Waals surface area contributed by atoms with Crippen LogP contribution in [0.3, 0.4) is 0 Å². The molecule has 0 fully saturated rings. The zero-order chi connectivity index (χ0) is 15.0. The van der Waals surface area contributed by atoms with Crippen molar-refractivity contribution >= 4 is 5.69 Å². The summed E-state index contributed by atoms with van der Waals surface area (Å²) < 4.78 is 31.8. The lowest BCUT2D eigenvalue weighted by atomic mass is 10.1. The first-order valence-electron chi connectivity index (χ1n) is 6.47. The van der Waals surface area contributed by atoms with Crippen molar-refractivity contribution in [2.75, 3.05) is 0 Å². The maximum atomic E-state index is 13.6. The van der Waals surface area contributed by atoms with Crippen LogP contribution in [0.4, 0.5) is 14.5 Å². The van der Waals surface area contributed by atoms with Crippen LogP contribution in [0.2, 0.25) is 0 Å². The maximum Gasteiger partial charge on any atom is 0.311 e. The van der Waals surface area contributed by atoms with Gasteiger partial charge in [-0.05, 0) is 48.6 Å². The molecule has 0 saturated carbocycles. The fraction of sp³-hybridized carbons (Fsp3) is 0.200. The topological polar surface area (TPSA) is 52.4 Å². The zero-order valence-electron chi connectivity index (χ0n) is 10.9. The number of ether oxygens (including phenoxy) is 1. The van der Waals surface area contributed by atoms with E-state index in [0.29, 0.717) is 6.07 Å². The van der Waals surface area contributed by atoms with E-state index in [9.17, 15) is 18.9 Å². The Bertz CT molecular complexity index is 731. The Kier molecular flexibility index (Phi) is 3.29. The molecule has 0 amide bonds. The third-order valence-corrected chi connectivity index (χ3v) is 3.48. The van der Waals surface area contributed by atoms with E-state index in [1.54, 1.807) is 6.07 Å². The van der Waals surface area contributed by atoms with Crippen molar-refractivity contribution in [2.24, 2.45) is 0 Å². The number of hydrogen-bond donors (Lipinski definition) is 0. The highest BCUT2D eigenvalue weighted by Gasteiger charge is 2.23. The Labute approximate surface area is 119 Å². The minimum Gasteiger partial charge on any atom is -0.447 e. The average Bonchev–Trinajstić information content (AvgIpc) is 2.88. The van der Waals surface area contributed by atoms with Crippen LogP contribution in [0.5, 0.6) is 11.5 Å². The Morgan fingerprint density at radius 1 is 1.05 bits per heavy atom. The Hall–Kier alpha value is -2.50. The van der Waals surface area contributed by atoms with Gasteiger partial charge in [-0.1, -0.05) is 0 Å². The minimum atomic E-state index is -0.898. The molecule has 0 atom stereocenters. The molecule has 0 spiro atoms. The second-order valence-electron chi connectivity index (χ2n) is 4.88. The van der Waals surface area contributed by atoms with Gasteiger partial charge in [0.15, 0.2) is 11.6 Å². The summed E-state index contributed by atoms with van der Waals surface area (Å²) in [6.45, 7) is 0. The van der Waals surface area contributed by atoms with Gasteiger partial charge in [-0.25, -0.2) is 8.78 Å². The van der Waals surface area contributed by atoms with Crippen LogP contribution in [0.1, 0.15) is 17.5 Å². The highest BCUT2D eigenvalue weighted by Crippen LogP contribution is 2.37. The van der Waals surface area contributed by atoms with Gasteiger partial charge < -0.3 is 4.74 Å². The summed E-state index contributed by atoms with van der Waals surface area (Å²) in [4.78, 5) is 10.6. The van der Waals surface area contributed by atoms with Crippen LogP contribution >= 0.6 is 0 Å². The van der Waals surface area contributed by atoms with Crippen molar-refractivity contribution in [3.8, 4) is 11.5 Å². The first-order chi connectivity index (χ1) is 10.0. The van der Waals surface area contributed by atoms with E-state index in [0.717, 1.165) is 42.5 Å². The van der Waals surface area contributed by atoms with Gasteiger partial charge >= 0.3 is 5.69 Å². The minimum absolute atomic E-state index is 0.0221. The predicted octanol–water partition coefficient (Wildman–Crippen LogP) is 4.15. The van der Waals surface area contributed by atoms with Gasteiger partial charge in [0.1, 0.15) is 5.82 Å². The van der Waals surface area contributed by atoms with Crippen molar-refractivity contribution in [3.63, 3.8) is 0 Å². The summed E-state index contributed by atoms with van der Waals surface area (Å²) in [7, 11) is 0.